The molecule has 2 aromatic rings. The van der Waals surface area contributed by atoms with Crippen molar-refractivity contribution < 1.29 is 4.74 Å². The van der Waals surface area contributed by atoms with Gasteiger partial charge in [-0.15, -0.1) is 0 Å². The molecule has 0 unspecified atom stereocenters. The minimum absolute atomic E-state index is 0.598. The van der Waals surface area contributed by atoms with E-state index >= 15 is 0 Å². The Morgan fingerprint density at radius 2 is 1.03 bits per heavy atom. The number of unbranched alkanes of at least 4 members (excludes halogenated alkanes) is 2. The van der Waals surface area contributed by atoms with Crippen LogP contribution in [0, 0.1) is 0 Å². The molecule has 0 saturated heterocycles. The SMILES string of the molecule is CC(C)N(CCC/C=C/c1ccc2c(c1)Oc1cc(/C=C/CCCN(C(C)C)C(C)C)ccc1C2)C(C)C. The second-order valence-electron chi connectivity index (χ2n) is 12.0. The summed E-state index contributed by atoms with van der Waals surface area (Å²) in [4.78, 5) is 5.13. The summed E-state index contributed by atoms with van der Waals surface area (Å²) >= 11 is 0. The topological polar surface area (TPSA) is 15.7 Å². The number of nitrogens with zero attached hydrogens (tertiary/aromatic N) is 2. The highest BCUT2D eigenvalue weighted by Crippen LogP contribution is 2.38. The first-order chi connectivity index (χ1) is 18.2. The summed E-state index contributed by atoms with van der Waals surface area (Å²) in [6, 6.07) is 15.7. The van der Waals surface area contributed by atoms with E-state index in [9.17, 15) is 0 Å². The van der Waals surface area contributed by atoms with Gasteiger partial charge in [-0.25, -0.2) is 0 Å². The molecule has 0 aliphatic carbocycles. The third-order valence-electron chi connectivity index (χ3n) is 7.63. The third-order valence-corrected chi connectivity index (χ3v) is 7.63. The quantitative estimate of drug-likeness (QED) is 0.199. The van der Waals surface area contributed by atoms with E-state index in [0.29, 0.717) is 24.2 Å². The first-order valence-corrected chi connectivity index (χ1v) is 14.9. The number of benzene rings is 2. The van der Waals surface area contributed by atoms with Gasteiger partial charge in [-0.1, -0.05) is 48.6 Å². The zero-order valence-electron chi connectivity index (χ0n) is 25.3. The molecule has 1 aliphatic rings. The highest BCUT2D eigenvalue weighted by Gasteiger charge is 2.17. The molecule has 0 saturated carbocycles. The molecule has 0 radical (unpaired) electrons. The predicted molar refractivity (Wildman–Crippen MR) is 166 cm³/mol. The van der Waals surface area contributed by atoms with E-state index in [1.807, 2.05) is 0 Å². The van der Waals surface area contributed by atoms with Crippen LogP contribution >= 0.6 is 0 Å². The molecule has 0 aromatic heterocycles. The van der Waals surface area contributed by atoms with Crippen LogP contribution in [0.1, 0.15) is 103 Å². The summed E-state index contributed by atoms with van der Waals surface area (Å²) in [5, 5.41) is 0. The van der Waals surface area contributed by atoms with E-state index in [-0.39, 0.29) is 0 Å². The summed E-state index contributed by atoms with van der Waals surface area (Å²) in [6.45, 7) is 20.6. The summed E-state index contributed by atoms with van der Waals surface area (Å²) in [5.41, 5.74) is 4.96. The number of ether oxygens (including phenoxy) is 1. The standard InChI is InChI=1S/C35H52N2O/c1-26(2)36(27(3)4)21-13-9-11-15-30-17-19-32-25-33-20-18-31(24-35(33)38-34(32)23-30)16-12-10-14-22-37(28(5)6)29(7)8/h11-12,15-20,23-24,26-29H,9-10,13-14,21-22,25H2,1-8H3/b15-11+,16-12+. The molecular formula is C35H52N2O. The number of rotatable bonds is 14. The van der Waals surface area contributed by atoms with Crippen molar-refractivity contribution in [2.45, 2.75) is 112 Å². The third kappa shape index (κ3) is 8.85. The molecule has 3 heteroatoms. The normalized spacial score (nSPS) is 13.6. The maximum absolute atomic E-state index is 6.40. The van der Waals surface area contributed by atoms with Crippen molar-refractivity contribution in [2.24, 2.45) is 0 Å². The maximum Gasteiger partial charge on any atom is 0.131 e. The van der Waals surface area contributed by atoms with Gasteiger partial charge in [-0.3, -0.25) is 9.80 Å². The smallest absolute Gasteiger partial charge is 0.131 e. The molecule has 0 bridgehead atoms. The van der Waals surface area contributed by atoms with E-state index in [1.54, 1.807) is 0 Å². The summed E-state index contributed by atoms with van der Waals surface area (Å²) < 4.78 is 6.40. The molecule has 0 spiro atoms. The van der Waals surface area contributed by atoms with Gasteiger partial charge in [-0.2, -0.15) is 0 Å². The number of allylic oxidation sites excluding steroid dienone is 2. The molecule has 0 amide bonds. The molecule has 2 aromatic carbocycles. The van der Waals surface area contributed by atoms with Crippen LogP contribution in [0.3, 0.4) is 0 Å². The second kappa shape index (κ2) is 14.7. The summed E-state index contributed by atoms with van der Waals surface area (Å²) in [6.07, 6.45) is 14.6. The monoisotopic (exact) mass is 516 g/mol. The zero-order valence-corrected chi connectivity index (χ0v) is 25.3. The minimum Gasteiger partial charge on any atom is -0.457 e. The van der Waals surface area contributed by atoms with Crippen LogP contribution < -0.4 is 4.74 Å². The zero-order chi connectivity index (χ0) is 27.7. The lowest BCUT2D eigenvalue weighted by atomic mass is 9.97. The van der Waals surface area contributed by atoms with E-state index < -0.39 is 0 Å². The first kappa shape index (κ1) is 30.2. The number of hydrogen-bond donors (Lipinski definition) is 0. The van der Waals surface area contributed by atoms with Crippen molar-refractivity contribution in [1.82, 2.24) is 9.80 Å². The molecule has 3 nitrogen and oxygen atoms in total. The van der Waals surface area contributed by atoms with Crippen LogP contribution in [0.15, 0.2) is 48.6 Å². The molecule has 38 heavy (non-hydrogen) atoms. The summed E-state index contributed by atoms with van der Waals surface area (Å²) in [5.74, 6) is 1.99. The van der Waals surface area contributed by atoms with Gasteiger partial charge >= 0.3 is 0 Å². The fourth-order valence-corrected chi connectivity index (χ4v) is 5.60. The van der Waals surface area contributed by atoms with Gasteiger partial charge in [0.2, 0.25) is 0 Å². The Hall–Kier alpha value is -2.36. The fraction of sp³-hybridized carbons (Fsp3) is 0.543. The van der Waals surface area contributed by atoms with Gasteiger partial charge in [0, 0.05) is 30.6 Å². The Balaban J connectivity index is 1.53. The van der Waals surface area contributed by atoms with Gasteiger partial charge in [0.25, 0.3) is 0 Å². The van der Waals surface area contributed by atoms with Crippen LogP contribution in [0.5, 0.6) is 11.5 Å². The molecule has 0 N–H and O–H groups in total. The average Bonchev–Trinajstić information content (AvgIpc) is 2.85. The Labute approximate surface area is 233 Å². The molecule has 1 aliphatic heterocycles. The second-order valence-corrected chi connectivity index (χ2v) is 12.0. The average molecular weight is 517 g/mol. The Morgan fingerprint density at radius 3 is 1.39 bits per heavy atom. The minimum atomic E-state index is 0.598. The predicted octanol–water partition coefficient (Wildman–Crippen LogP) is 9.21. The molecule has 1 heterocycles. The van der Waals surface area contributed by atoms with Crippen LogP contribution in [0.25, 0.3) is 12.2 Å². The van der Waals surface area contributed by atoms with Gasteiger partial charge in [0.05, 0.1) is 0 Å². The van der Waals surface area contributed by atoms with Gasteiger partial charge in [0.1, 0.15) is 11.5 Å². The Kier molecular flexibility index (Phi) is 11.7. The Bertz CT molecular complexity index is 964. The van der Waals surface area contributed by atoms with Crippen molar-refractivity contribution in [3.8, 4) is 11.5 Å². The van der Waals surface area contributed by atoms with E-state index in [0.717, 1.165) is 43.9 Å². The van der Waals surface area contributed by atoms with Crippen molar-refractivity contribution in [1.29, 1.82) is 0 Å². The maximum atomic E-state index is 6.40. The molecular weight excluding hydrogens is 464 g/mol. The van der Waals surface area contributed by atoms with Crippen LogP contribution in [0.2, 0.25) is 0 Å². The number of hydrogen-bond acceptors (Lipinski definition) is 3. The van der Waals surface area contributed by atoms with Crippen molar-refractivity contribution >= 4 is 12.2 Å². The highest BCUT2D eigenvalue weighted by atomic mass is 16.5. The lowest BCUT2D eigenvalue weighted by Gasteiger charge is -2.30. The van der Waals surface area contributed by atoms with Gasteiger partial charge in [0.15, 0.2) is 0 Å². The molecule has 0 fully saturated rings. The van der Waals surface area contributed by atoms with E-state index in [4.69, 9.17) is 4.74 Å². The van der Waals surface area contributed by atoms with E-state index in [1.165, 1.54) is 35.1 Å². The largest absolute Gasteiger partial charge is 0.457 e. The first-order valence-electron chi connectivity index (χ1n) is 14.9. The molecule has 208 valence electrons. The van der Waals surface area contributed by atoms with Crippen molar-refractivity contribution in [3.05, 3.63) is 70.8 Å². The lowest BCUT2D eigenvalue weighted by molar-refractivity contribution is 0.173. The highest BCUT2D eigenvalue weighted by molar-refractivity contribution is 5.60. The van der Waals surface area contributed by atoms with Crippen LogP contribution in [0.4, 0.5) is 0 Å². The van der Waals surface area contributed by atoms with Crippen molar-refractivity contribution in [2.75, 3.05) is 13.1 Å². The van der Waals surface area contributed by atoms with Crippen molar-refractivity contribution in [3.63, 3.8) is 0 Å². The Morgan fingerprint density at radius 1 is 0.632 bits per heavy atom. The molecule has 0 atom stereocenters. The van der Waals surface area contributed by atoms with Gasteiger partial charge in [-0.05, 0) is 129 Å². The fourth-order valence-electron chi connectivity index (χ4n) is 5.60. The van der Waals surface area contributed by atoms with Gasteiger partial charge < -0.3 is 4.74 Å². The van der Waals surface area contributed by atoms with E-state index in [2.05, 4.69) is 126 Å². The number of fused-ring (bicyclic) bond motifs is 2. The molecule has 3 rings (SSSR count). The van der Waals surface area contributed by atoms with Crippen LogP contribution in [-0.2, 0) is 6.42 Å². The van der Waals surface area contributed by atoms with Crippen LogP contribution in [-0.4, -0.2) is 47.1 Å². The lowest BCUT2D eigenvalue weighted by Crippen LogP contribution is -2.37. The summed E-state index contributed by atoms with van der Waals surface area (Å²) in [7, 11) is 0.